The van der Waals surface area contributed by atoms with Gasteiger partial charge in [0.25, 0.3) is 0 Å². The average Bonchev–Trinajstić information content (AvgIpc) is 3.23. The summed E-state index contributed by atoms with van der Waals surface area (Å²) in [5.41, 5.74) is 1.23. The first-order chi connectivity index (χ1) is 15.7. The number of aryl methyl sites for hydroxylation is 1. The molecule has 10 heteroatoms. The fourth-order valence-corrected chi connectivity index (χ4v) is 4.51. The SMILES string of the molecule is Cc1ccc(Cc2nsc(N3CCN(C(=O)Nc4ccccc4C(F)(F)F)C(C)C3)n2)cc1. The van der Waals surface area contributed by atoms with Crippen LogP contribution in [0.15, 0.2) is 48.5 Å². The van der Waals surface area contributed by atoms with Crippen molar-refractivity contribution in [3.05, 3.63) is 71.0 Å². The Kier molecular flexibility index (Phi) is 6.55. The minimum Gasteiger partial charge on any atom is -0.343 e. The molecule has 2 aromatic carbocycles. The zero-order valence-electron chi connectivity index (χ0n) is 18.3. The van der Waals surface area contributed by atoms with Crippen molar-refractivity contribution in [2.24, 2.45) is 0 Å². The molecule has 0 spiro atoms. The number of para-hydroxylation sites is 1. The summed E-state index contributed by atoms with van der Waals surface area (Å²) < 4.78 is 44.2. The molecular formula is C23H24F3N5OS. The summed E-state index contributed by atoms with van der Waals surface area (Å²) >= 11 is 1.32. The van der Waals surface area contributed by atoms with E-state index in [9.17, 15) is 18.0 Å². The van der Waals surface area contributed by atoms with Crippen LogP contribution in [0.3, 0.4) is 0 Å². The van der Waals surface area contributed by atoms with Crippen LogP contribution >= 0.6 is 11.5 Å². The molecule has 33 heavy (non-hydrogen) atoms. The Morgan fingerprint density at radius 3 is 2.58 bits per heavy atom. The van der Waals surface area contributed by atoms with Gasteiger partial charge in [0.1, 0.15) is 5.82 Å². The van der Waals surface area contributed by atoms with E-state index in [2.05, 4.69) is 43.8 Å². The maximum absolute atomic E-state index is 13.2. The van der Waals surface area contributed by atoms with Crippen LogP contribution in [-0.4, -0.2) is 46.0 Å². The van der Waals surface area contributed by atoms with E-state index in [1.54, 1.807) is 4.90 Å². The van der Waals surface area contributed by atoms with Crippen LogP contribution in [-0.2, 0) is 12.6 Å². The fourth-order valence-electron chi connectivity index (χ4n) is 3.79. The maximum Gasteiger partial charge on any atom is 0.418 e. The number of anilines is 2. The number of urea groups is 1. The van der Waals surface area contributed by atoms with Crippen molar-refractivity contribution in [2.75, 3.05) is 29.9 Å². The number of hydrogen-bond donors (Lipinski definition) is 1. The van der Waals surface area contributed by atoms with E-state index in [4.69, 9.17) is 0 Å². The summed E-state index contributed by atoms with van der Waals surface area (Å²) in [7, 11) is 0. The van der Waals surface area contributed by atoms with Crippen molar-refractivity contribution in [1.29, 1.82) is 0 Å². The summed E-state index contributed by atoms with van der Waals surface area (Å²) in [6.45, 7) is 5.33. The number of carbonyl (C=O) groups is 1. The first-order valence-electron chi connectivity index (χ1n) is 10.6. The summed E-state index contributed by atoms with van der Waals surface area (Å²) in [5, 5.41) is 3.21. The Morgan fingerprint density at radius 2 is 1.88 bits per heavy atom. The highest BCUT2D eigenvalue weighted by Gasteiger charge is 2.35. The van der Waals surface area contributed by atoms with E-state index < -0.39 is 17.8 Å². The molecule has 0 saturated carbocycles. The first kappa shape index (κ1) is 23.0. The molecule has 1 aliphatic rings. The van der Waals surface area contributed by atoms with E-state index >= 15 is 0 Å². The van der Waals surface area contributed by atoms with E-state index in [0.29, 0.717) is 26.1 Å². The molecule has 0 bridgehead atoms. The van der Waals surface area contributed by atoms with Gasteiger partial charge >= 0.3 is 12.2 Å². The topological polar surface area (TPSA) is 61.4 Å². The quantitative estimate of drug-likeness (QED) is 0.564. The lowest BCUT2D eigenvalue weighted by molar-refractivity contribution is -0.136. The van der Waals surface area contributed by atoms with E-state index in [1.165, 1.54) is 35.3 Å². The molecule has 2 heterocycles. The smallest absolute Gasteiger partial charge is 0.343 e. The number of aromatic nitrogens is 2. The van der Waals surface area contributed by atoms with Crippen molar-refractivity contribution in [1.82, 2.24) is 14.3 Å². The number of carbonyl (C=O) groups excluding carboxylic acids is 1. The molecule has 3 aromatic rings. The fraction of sp³-hybridized carbons (Fsp3) is 0.348. The number of hydrogen-bond acceptors (Lipinski definition) is 5. The van der Waals surface area contributed by atoms with Crippen LogP contribution in [0.2, 0.25) is 0 Å². The lowest BCUT2D eigenvalue weighted by Crippen LogP contribution is -2.55. The lowest BCUT2D eigenvalue weighted by atomic mass is 10.1. The standard InChI is InChI=1S/C23H24F3N5OS/c1-15-7-9-17(10-8-15)13-20-28-22(33-29-20)30-11-12-31(16(2)14-30)21(32)27-19-6-4-3-5-18(19)23(24,25)26/h3-10,16H,11-14H2,1-2H3,(H,27,32). The molecule has 2 amide bonds. The van der Waals surface area contributed by atoms with Crippen molar-refractivity contribution in [2.45, 2.75) is 32.5 Å². The molecule has 1 N–H and O–H groups in total. The monoisotopic (exact) mass is 475 g/mol. The molecule has 1 saturated heterocycles. The largest absolute Gasteiger partial charge is 0.418 e. The predicted molar refractivity (Wildman–Crippen MR) is 123 cm³/mol. The van der Waals surface area contributed by atoms with Crippen LogP contribution in [0.1, 0.15) is 29.4 Å². The van der Waals surface area contributed by atoms with Crippen LogP contribution < -0.4 is 10.2 Å². The van der Waals surface area contributed by atoms with Gasteiger partial charge in [-0.15, -0.1) is 0 Å². The molecule has 1 unspecified atom stereocenters. The number of nitrogens with one attached hydrogen (secondary N) is 1. The van der Waals surface area contributed by atoms with Gasteiger partial charge in [-0.1, -0.05) is 42.0 Å². The van der Waals surface area contributed by atoms with E-state index in [-0.39, 0.29) is 11.7 Å². The van der Waals surface area contributed by atoms with Crippen LogP contribution in [0.25, 0.3) is 0 Å². The highest BCUT2D eigenvalue weighted by Crippen LogP contribution is 2.34. The Hall–Kier alpha value is -3.14. The highest BCUT2D eigenvalue weighted by molar-refractivity contribution is 7.09. The lowest BCUT2D eigenvalue weighted by Gasteiger charge is -2.39. The zero-order chi connectivity index (χ0) is 23.6. The van der Waals surface area contributed by atoms with Gasteiger partial charge in [0.05, 0.1) is 11.3 Å². The average molecular weight is 476 g/mol. The molecule has 1 fully saturated rings. The molecule has 1 aliphatic heterocycles. The van der Waals surface area contributed by atoms with Crippen LogP contribution in [0.5, 0.6) is 0 Å². The third-order valence-electron chi connectivity index (χ3n) is 5.57. The molecule has 174 valence electrons. The Morgan fingerprint density at radius 1 is 1.15 bits per heavy atom. The minimum atomic E-state index is -4.54. The zero-order valence-corrected chi connectivity index (χ0v) is 19.1. The Bertz CT molecular complexity index is 1120. The number of halogens is 3. The minimum absolute atomic E-state index is 0.207. The van der Waals surface area contributed by atoms with Crippen LogP contribution in [0.4, 0.5) is 28.8 Å². The van der Waals surface area contributed by atoms with Crippen molar-refractivity contribution in [3.8, 4) is 0 Å². The highest BCUT2D eigenvalue weighted by atomic mass is 32.1. The molecule has 0 aliphatic carbocycles. The van der Waals surface area contributed by atoms with Crippen molar-refractivity contribution < 1.29 is 18.0 Å². The third-order valence-corrected chi connectivity index (χ3v) is 6.39. The van der Waals surface area contributed by atoms with Crippen molar-refractivity contribution >= 4 is 28.4 Å². The predicted octanol–water partition coefficient (Wildman–Crippen LogP) is 5.20. The number of amides is 2. The second kappa shape index (κ2) is 9.38. The molecule has 0 radical (unpaired) electrons. The van der Waals surface area contributed by atoms with Crippen LogP contribution in [0, 0.1) is 6.92 Å². The maximum atomic E-state index is 13.2. The Balaban J connectivity index is 1.38. The summed E-state index contributed by atoms with van der Waals surface area (Å²) in [6.07, 6.45) is -3.89. The normalized spacial score (nSPS) is 16.7. The number of piperazine rings is 1. The number of rotatable bonds is 4. The molecule has 4 rings (SSSR count). The van der Waals surface area contributed by atoms with Gasteiger partial charge in [0.15, 0.2) is 0 Å². The second-order valence-electron chi connectivity index (χ2n) is 8.12. The van der Waals surface area contributed by atoms with E-state index in [0.717, 1.165) is 22.6 Å². The number of benzene rings is 2. The molecule has 6 nitrogen and oxygen atoms in total. The number of nitrogens with zero attached hydrogens (tertiary/aromatic N) is 4. The van der Waals surface area contributed by atoms with Gasteiger partial charge < -0.3 is 15.1 Å². The summed E-state index contributed by atoms with van der Waals surface area (Å²) in [4.78, 5) is 21.0. The van der Waals surface area contributed by atoms with Gasteiger partial charge in [-0.25, -0.2) is 9.78 Å². The third kappa shape index (κ3) is 5.44. The van der Waals surface area contributed by atoms with Gasteiger partial charge in [0, 0.05) is 43.6 Å². The van der Waals surface area contributed by atoms with Gasteiger partial charge in [0.2, 0.25) is 5.13 Å². The molecule has 1 aromatic heterocycles. The number of alkyl halides is 3. The summed E-state index contributed by atoms with van der Waals surface area (Å²) in [5.74, 6) is 0.746. The van der Waals surface area contributed by atoms with Crippen molar-refractivity contribution in [3.63, 3.8) is 0 Å². The first-order valence-corrected chi connectivity index (χ1v) is 11.3. The van der Waals surface area contributed by atoms with Gasteiger partial charge in [-0.2, -0.15) is 17.5 Å². The second-order valence-corrected chi connectivity index (χ2v) is 8.85. The van der Waals surface area contributed by atoms with E-state index in [1.807, 2.05) is 13.8 Å². The molecule has 1 atom stereocenters. The Labute approximate surface area is 194 Å². The molecular weight excluding hydrogens is 451 g/mol. The summed E-state index contributed by atoms with van der Waals surface area (Å²) in [6, 6.07) is 12.5. The van der Waals surface area contributed by atoms with Gasteiger partial charge in [-0.3, -0.25) is 0 Å². The van der Waals surface area contributed by atoms with Gasteiger partial charge in [-0.05, 0) is 31.5 Å².